The molecule has 1 aromatic carbocycles. The summed E-state index contributed by atoms with van der Waals surface area (Å²) in [7, 11) is 0. The van der Waals surface area contributed by atoms with Crippen LogP contribution >= 0.6 is 0 Å². The van der Waals surface area contributed by atoms with E-state index in [0.29, 0.717) is 11.6 Å². The highest BCUT2D eigenvalue weighted by molar-refractivity contribution is 6.00. The minimum absolute atomic E-state index is 0.0744. The van der Waals surface area contributed by atoms with E-state index in [4.69, 9.17) is 5.26 Å². The molecule has 1 unspecified atom stereocenters. The largest absolute Gasteiger partial charge is 0.368 e. The summed E-state index contributed by atoms with van der Waals surface area (Å²) in [5, 5.41) is 9.11. The van der Waals surface area contributed by atoms with Gasteiger partial charge in [0.1, 0.15) is 0 Å². The predicted molar refractivity (Wildman–Crippen MR) is 81.1 cm³/mol. The lowest BCUT2D eigenvalue weighted by molar-refractivity contribution is 0.101. The topological polar surface area (TPSA) is 44.1 Å². The molecular weight excluding hydrogens is 248 g/mol. The molecular formula is C17H22N2O. The third kappa shape index (κ3) is 3.01. The van der Waals surface area contributed by atoms with Crippen LogP contribution in [0.3, 0.4) is 0 Å². The van der Waals surface area contributed by atoms with E-state index in [0.717, 1.165) is 37.1 Å². The van der Waals surface area contributed by atoms with Crippen molar-refractivity contribution in [2.75, 3.05) is 11.4 Å². The number of carbonyl (C=O) groups excluding carboxylic acids is 1. The van der Waals surface area contributed by atoms with Crippen LogP contribution in [-0.4, -0.2) is 18.4 Å². The van der Waals surface area contributed by atoms with Gasteiger partial charge < -0.3 is 4.90 Å². The van der Waals surface area contributed by atoms with Gasteiger partial charge in [0.25, 0.3) is 0 Å². The Bertz CT molecular complexity index is 528. The normalized spacial score (nSPS) is 18.6. The molecule has 1 aliphatic heterocycles. The molecule has 1 saturated heterocycles. The standard InChI is InChI=1S/C17H22N2O/c1-3-6-15-7-4-5-10-19(15)17-11-14(12-18)8-9-16(17)13(2)20/h8-9,11,15H,3-7,10H2,1-2H3. The van der Waals surface area contributed by atoms with E-state index in [1.54, 1.807) is 19.1 Å². The van der Waals surface area contributed by atoms with E-state index in [2.05, 4.69) is 17.9 Å². The van der Waals surface area contributed by atoms with E-state index in [-0.39, 0.29) is 5.78 Å². The summed E-state index contributed by atoms with van der Waals surface area (Å²) in [5.41, 5.74) is 2.33. The van der Waals surface area contributed by atoms with Crippen molar-refractivity contribution >= 4 is 11.5 Å². The summed E-state index contributed by atoms with van der Waals surface area (Å²) in [6.07, 6.45) is 5.90. The van der Waals surface area contributed by atoms with Crippen molar-refractivity contribution in [2.45, 2.75) is 52.0 Å². The van der Waals surface area contributed by atoms with Crippen molar-refractivity contribution < 1.29 is 4.79 Å². The van der Waals surface area contributed by atoms with Gasteiger partial charge in [0, 0.05) is 23.8 Å². The number of rotatable bonds is 4. The molecule has 0 N–H and O–H groups in total. The Kier molecular flexibility index (Phi) is 4.79. The SMILES string of the molecule is CCCC1CCCCN1c1cc(C#N)ccc1C(C)=O. The van der Waals surface area contributed by atoms with Gasteiger partial charge in [-0.3, -0.25) is 4.79 Å². The molecule has 20 heavy (non-hydrogen) atoms. The predicted octanol–water partition coefficient (Wildman–Crippen LogP) is 3.92. The van der Waals surface area contributed by atoms with Crippen LogP contribution in [-0.2, 0) is 0 Å². The van der Waals surface area contributed by atoms with Crippen molar-refractivity contribution in [3.8, 4) is 6.07 Å². The van der Waals surface area contributed by atoms with Crippen molar-refractivity contribution in [3.63, 3.8) is 0 Å². The molecule has 0 bridgehead atoms. The van der Waals surface area contributed by atoms with E-state index >= 15 is 0 Å². The van der Waals surface area contributed by atoms with Crippen LogP contribution in [0.4, 0.5) is 5.69 Å². The lowest BCUT2D eigenvalue weighted by atomic mass is 9.95. The number of ketones is 1. The molecule has 0 aromatic heterocycles. The van der Waals surface area contributed by atoms with Gasteiger partial charge in [-0.2, -0.15) is 5.26 Å². The second-order valence-corrected chi connectivity index (χ2v) is 5.53. The fraction of sp³-hybridized carbons (Fsp3) is 0.529. The van der Waals surface area contributed by atoms with Crippen LogP contribution in [0, 0.1) is 11.3 Å². The first-order chi connectivity index (χ1) is 9.67. The molecule has 1 atom stereocenters. The maximum absolute atomic E-state index is 11.9. The highest BCUT2D eigenvalue weighted by Gasteiger charge is 2.25. The number of hydrogen-bond donors (Lipinski definition) is 0. The molecule has 0 saturated carbocycles. The highest BCUT2D eigenvalue weighted by atomic mass is 16.1. The molecule has 1 fully saturated rings. The van der Waals surface area contributed by atoms with Crippen LogP contribution in [0.1, 0.15) is 61.9 Å². The Morgan fingerprint density at radius 3 is 2.90 bits per heavy atom. The molecule has 1 aliphatic rings. The molecule has 3 heteroatoms. The van der Waals surface area contributed by atoms with E-state index in [1.165, 1.54) is 12.8 Å². The lowest BCUT2D eigenvalue weighted by Gasteiger charge is -2.38. The van der Waals surface area contributed by atoms with Gasteiger partial charge in [-0.25, -0.2) is 0 Å². The van der Waals surface area contributed by atoms with Gasteiger partial charge in [0.15, 0.2) is 5.78 Å². The lowest BCUT2D eigenvalue weighted by Crippen LogP contribution is -2.40. The van der Waals surface area contributed by atoms with Gasteiger partial charge >= 0.3 is 0 Å². The highest BCUT2D eigenvalue weighted by Crippen LogP contribution is 2.31. The Morgan fingerprint density at radius 2 is 2.25 bits per heavy atom. The number of carbonyl (C=O) groups is 1. The number of benzene rings is 1. The quantitative estimate of drug-likeness (QED) is 0.779. The third-order valence-corrected chi connectivity index (χ3v) is 4.06. The van der Waals surface area contributed by atoms with Crippen molar-refractivity contribution in [3.05, 3.63) is 29.3 Å². The van der Waals surface area contributed by atoms with Crippen LogP contribution in [0.5, 0.6) is 0 Å². The van der Waals surface area contributed by atoms with Gasteiger partial charge in [-0.15, -0.1) is 0 Å². The van der Waals surface area contributed by atoms with Gasteiger partial charge in [0.05, 0.1) is 11.6 Å². The van der Waals surface area contributed by atoms with E-state index < -0.39 is 0 Å². The van der Waals surface area contributed by atoms with Crippen molar-refractivity contribution in [1.82, 2.24) is 0 Å². The number of piperidine rings is 1. The summed E-state index contributed by atoms with van der Waals surface area (Å²) in [6.45, 7) is 4.79. The minimum atomic E-state index is 0.0744. The number of nitrogens with zero attached hydrogens (tertiary/aromatic N) is 2. The number of Topliss-reactive ketones (excluding diaryl/α,β-unsaturated/α-hetero) is 1. The van der Waals surface area contributed by atoms with Crippen molar-refractivity contribution in [2.24, 2.45) is 0 Å². The maximum Gasteiger partial charge on any atom is 0.161 e. The summed E-state index contributed by atoms with van der Waals surface area (Å²) >= 11 is 0. The maximum atomic E-state index is 11.9. The van der Waals surface area contributed by atoms with Crippen molar-refractivity contribution in [1.29, 1.82) is 5.26 Å². The Balaban J connectivity index is 2.42. The zero-order chi connectivity index (χ0) is 14.5. The monoisotopic (exact) mass is 270 g/mol. The van der Waals surface area contributed by atoms with Crippen LogP contribution in [0.15, 0.2) is 18.2 Å². The molecule has 3 nitrogen and oxygen atoms in total. The zero-order valence-corrected chi connectivity index (χ0v) is 12.4. The Hall–Kier alpha value is -1.82. The number of hydrogen-bond acceptors (Lipinski definition) is 3. The zero-order valence-electron chi connectivity index (χ0n) is 12.4. The van der Waals surface area contributed by atoms with Gasteiger partial charge in [-0.05, 0) is 50.8 Å². The molecule has 0 aliphatic carbocycles. The van der Waals surface area contributed by atoms with Crippen LogP contribution in [0.25, 0.3) is 0 Å². The molecule has 0 spiro atoms. The third-order valence-electron chi connectivity index (χ3n) is 4.06. The summed E-state index contributed by atoms with van der Waals surface area (Å²) < 4.78 is 0. The van der Waals surface area contributed by atoms with E-state index in [1.807, 2.05) is 6.07 Å². The molecule has 1 aromatic rings. The Morgan fingerprint density at radius 1 is 1.45 bits per heavy atom. The second-order valence-electron chi connectivity index (χ2n) is 5.53. The fourth-order valence-corrected chi connectivity index (χ4v) is 3.09. The fourth-order valence-electron chi connectivity index (χ4n) is 3.09. The first kappa shape index (κ1) is 14.6. The summed E-state index contributed by atoms with van der Waals surface area (Å²) in [4.78, 5) is 14.2. The van der Waals surface area contributed by atoms with Crippen LogP contribution in [0.2, 0.25) is 0 Å². The van der Waals surface area contributed by atoms with Gasteiger partial charge in [0.2, 0.25) is 0 Å². The van der Waals surface area contributed by atoms with Crippen LogP contribution < -0.4 is 4.90 Å². The smallest absolute Gasteiger partial charge is 0.161 e. The first-order valence-electron chi connectivity index (χ1n) is 7.49. The molecule has 106 valence electrons. The van der Waals surface area contributed by atoms with Gasteiger partial charge in [-0.1, -0.05) is 13.3 Å². The number of nitriles is 1. The first-order valence-corrected chi connectivity index (χ1v) is 7.49. The average molecular weight is 270 g/mol. The second kappa shape index (κ2) is 6.56. The Labute approximate surface area is 121 Å². The molecule has 0 amide bonds. The number of anilines is 1. The molecule has 2 rings (SSSR count). The summed E-state index contributed by atoms with van der Waals surface area (Å²) in [5.74, 6) is 0.0744. The average Bonchev–Trinajstić information content (AvgIpc) is 2.47. The summed E-state index contributed by atoms with van der Waals surface area (Å²) in [6, 6.07) is 8.10. The van der Waals surface area contributed by atoms with E-state index in [9.17, 15) is 4.79 Å². The molecule has 0 radical (unpaired) electrons. The minimum Gasteiger partial charge on any atom is -0.368 e. The molecule has 1 heterocycles.